The lowest BCUT2D eigenvalue weighted by atomic mass is 10.0. The SMILES string of the molecule is C=C(C)CN1CCC(NC(=NCCN2CCOCC2)NCCc2ccco2)CC1. The summed E-state index contributed by atoms with van der Waals surface area (Å²) in [6.07, 6.45) is 4.85. The van der Waals surface area contributed by atoms with Gasteiger partial charge in [-0.05, 0) is 31.9 Å². The van der Waals surface area contributed by atoms with Crippen LogP contribution in [0.3, 0.4) is 0 Å². The summed E-state index contributed by atoms with van der Waals surface area (Å²) in [7, 11) is 0. The van der Waals surface area contributed by atoms with Crippen LogP contribution in [-0.2, 0) is 11.2 Å². The minimum Gasteiger partial charge on any atom is -0.469 e. The normalized spacial score (nSPS) is 20.0. The lowest BCUT2D eigenvalue weighted by Crippen LogP contribution is -2.49. The number of nitrogens with one attached hydrogen (secondary N) is 2. The van der Waals surface area contributed by atoms with Gasteiger partial charge in [-0.2, -0.15) is 0 Å². The van der Waals surface area contributed by atoms with Crippen LogP contribution >= 0.6 is 0 Å². The number of rotatable bonds is 9. The van der Waals surface area contributed by atoms with E-state index in [1.165, 1.54) is 5.57 Å². The molecule has 29 heavy (non-hydrogen) atoms. The van der Waals surface area contributed by atoms with Crippen molar-refractivity contribution in [2.24, 2.45) is 4.99 Å². The Kier molecular flexibility index (Phi) is 9.05. The molecule has 7 heteroatoms. The van der Waals surface area contributed by atoms with Crippen molar-refractivity contribution in [2.45, 2.75) is 32.2 Å². The van der Waals surface area contributed by atoms with Gasteiger partial charge in [-0.1, -0.05) is 12.2 Å². The predicted molar refractivity (Wildman–Crippen MR) is 117 cm³/mol. The molecule has 2 saturated heterocycles. The van der Waals surface area contributed by atoms with Gasteiger partial charge in [0.2, 0.25) is 0 Å². The van der Waals surface area contributed by atoms with Crippen LogP contribution in [0.5, 0.6) is 0 Å². The molecule has 2 N–H and O–H groups in total. The number of piperidine rings is 1. The van der Waals surface area contributed by atoms with E-state index in [0.29, 0.717) is 6.04 Å². The van der Waals surface area contributed by atoms with E-state index in [1.54, 1.807) is 6.26 Å². The molecular weight excluding hydrogens is 366 g/mol. The first-order chi connectivity index (χ1) is 14.2. The molecule has 7 nitrogen and oxygen atoms in total. The van der Waals surface area contributed by atoms with Crippen molar-refractivity contribution in [3.63, 3.8) is 0 Å². The van der Waals surface area contributed by atoms with E-state index >= 15 is 0 Å². The van der Waals surface area contributed by atoms with Gasteiger partial charge in [0, 0.05) is 58.3 Å². The van der Waals surface area contributed by atoms with Gasteiger partial charge in [0.25, 0.3) is 0 Å². The number of furan rings is 1. The van der Waals surface area contributed by atoms with Crippen molar-refractivity contribution in [2.75, 3.05) is 65.6 Å². The van der Waals surface area contributed by atoms with Gasteiger partial charge in [-0.3, -0.25) is 14.8 Å². The molecule has 0 unspecified atom stereocenters. The van der Waals surface area contributed by atoms with Crippen LogP contribution in [0.25, 0.3) is 0 Å². The molecule has 162 valence electrons. The summed E-state index contributed by atoms with van der Waals surface area (Å²) in [5.41, 5.74) is 1.24. The lowest BCUT2D eigenvalue weighted by molar-refractivity contribution is 0.0394. The number of morpholine rings is 1. The van der Waals surface area contributed by atoms with E-state index < -0.39 is 0 Å². The Morgan fingerprint density at radius 2 is 2.00 bits per heavy atom. The zero-order chi connectivity index (χ0) is 20.3. The highest BCUT2D eigenvalue weighted by Crippen LogP contribution is 2.11. The molecule has 0 aliphatic carbocycles. The van der Waals surface area contributed by atoms with Crippen molar-refractivity contribution in [3.05, 3.63) is 36.3 Å². The maximum absolute atomic E-state index is 5.44. The van der Waals surface area contributed by atoms with E-state index in [-0.39, 0.29) is 0 Å². The standard InChI is InChI=1S/C22H37N5O2/c1-19(2)18-27-10-6-20(7-11-27)25-22(23-8-5-21-4-3-15-29-21)24-9-12-26-13-16-28-17-14-26/h3-4,15,20H,1,5-14,16-18H2,2H3,(H2,23,24,25). The third-order valence-corrected chi connectivity index (χ3v) is 5.46. The summed E-state index contributed by atoms with van der Waals surface area (Å²) < 4.78 is 10.9. The summed E-state index contributed by atoms with van der Waals surface area (Å²) in [5, 5.41) is 7.16. The Hall–Kier alpha value is -1.83. The second kappa shape index (κ2) is 12.0. The first-order valence-electron chi connectivity index (χ1n) is 10.9. The van der Waals surface area contributed by atoms with Crippen LogP contribution in [0.15, 0.2) is 40.0 Å². The zero-order valence-electron chi connectivity index (χ0n) is 17.9. The van der Waals surface area contributed by atoms with Gasteiger partial charge in [-0.15, -0.1) is 0 Å². The molecule has 0 radical (unpaired) electrons. The molecule has 2 fully saturated rings. The average Bonchev–Trinajstić information content (AvgIpc) is 3.23. The molecule has 0 amide bonds. The van der Waals surface area contributed by atoms with Crippen molar-refractivity contribution >= 4 is 5.96 Å². The van der Waals surface area contributed by atoms with Crippen LogP contribution in [0.4, 0.5) is 0 Å². The van der Waals surface area contributed by atoms with Gasteiger partial charge in [0.15, 0.2) is 5.96 Å². The number of hydrogen-bond acceptors (Lipinski definition) is 5. The molecule has 0 saturated carbocycles. The van der Waals surface area contributed by atoms with Crippen molar-refractivity contribution in [3.8, 4) is 0 Å². The smallest absolute Gasteiger partial charge is 0.191 e. The number of hydrogen-bond donors (Lipinski definition) is 2. The number of guanidine groups is 1. The van der Waals surface area contributed by atoms with Gasteiger partial charge in [-0.25, -0.2) is 0 Å². The summed E-state index contributed by atoms with van der Waals surface area (Å²) in [5.74, 6) is 1.92. The van der Waals surface area contributed by atoms with E-state index in [1.807, 2.05) is 12.1 Å². The van der Waals surface area contributed by atoms with Crippen LogP contribution < -0.4 is 10.6 Å². The first kappa shape index (κ1) is 21.9. The quantitative estimate of drug-likeness (QED) is 0.372. The van der Waals surface area contributed by atoms with E-state index in [0.717, 1.165) is 96.6 Å². The highest BCUT2D eigenvalue weighted by Gasteiger charge is 2.20. The van der Waals surface area contributed by atoms with E-state index in [9.17, 15) is 0 Å². The Balaban J connectivity index is 1.46. The molecular formula is C22H37N5O2. The monoisotopic (exact) mass is 403 g/mol. The Morgan fingerprint density at radius 3 is 2.69 bits per heavy atom. The van der Waals surface area contributed by atoms with Crippen molar-refractivity contribution in [1.29, 1.82) is 0 Å². The zero-order valence-corrected chi connectivity index (χ0v) is 17.9. The second-order valence-electron chi connectivity index (χ2n) is 8.09. The molecule has 0 atom stereocenters. The van der Waals surface area contributed by atoms with Gasteiger partial charge < -0.3 is 19.8 Å². The minimum atomic E-state index is 0.467. The predicted octanol–water partition coefficient (Wildman–Crippen LogP) is 1.73. The number of aliphatic imine (C=N–C) groups is 1. The van der Waals surface area contributed by atoms with E-state index in [4.69, 9.17) is 14.1 Å². The fourth-order valence-electron chi connectivity index (χ4n) is 3.85. The molecule has 1 aromatic rings. The van der Waals surface area contributed by atoms with Crippen LogP contribution in [0.1, 0.15) is 25.5 Å². The summed E-state index contributed by atoms with van der Waals surface area (Å²) in [6.45, 7) is 15.6. The Morgan fingerprint density at radius 1 is 1.21 bits per heavy atom. The first-order valence-corrected chi connectivity index (χ1v) is 10.9. The van der Waals surface area contributed by atoms with Crippen LogP contribution in [0.2, 0.25) is 0 Å². The number of ether oxygens (including phenoxy) is 1. The molecule has 2 aliphatic rings. The fraction of sp³-hybridized carbons (Fsp3) is 0.682. The van der Waals surface area contributed by atoms with Gasteiger partial charge in [0.05, 0.1) is 26.0 Å². The van der Waals surface area contributed by atoms with Gasteiger partial charge in [0.1, 0.15) is 5.76 Å². The third kappa shape index (κ3) is 8.20. The maximum Gasteiger partial charge on any atom is 0.191 e. The Labute approximate surface area is 175 Å². The molecule has 0 aromatic carbocycles. The molecule has 3 heterocycles. The molecule has 3 rings (SSSR count). The van der Waals surface area contributed by atoms with Gasteiger partial charge >= 0.3 is 0 Å². The number of nitrogens with zero attached hydrogens (tertiary/aromatic N) is 3. The molecule has 1 aromatic heterocycles. The lowest BCUT2D eigenvalue weighted by Gasteiger charge is -2.33. The average molecular weight is 404 g/mol. The highest BCUT2D eigenvalue weighted by molar-refractivity contribution is 5.80. The number of likely N-dealkylation sites (tertiary alicyclic amines) is 1. The highest BCUT2D eigenvalue weighted by atomic mass is 16.5. The largest absolute Gasteiger partial charge is 0.469 e. The molecule has 0 bridgehead atoms. The summed E-state index contributed by atoms with van der Waals surface area (Å²) >= 11 is 0. The second-order valence-corrected chi connectivity index (χ2v) is 8.09. The topological polar surface area (TPSA) is 65.3 Å². The Bertz CT molecular complexity index is 617. The summed E-state index contributed by atoms with van der Waals surface area (Å²) in [4.78, 5) is 9.76. The van der Waals surface area contributed by atoms with Crippen LogP contribution in [-0.4, -0.2) is 87.4 Å². The fourth-order valence-corrected chi connectivity index (χ4v) is 3.85. The molecule has 0 spiro atoms. The summed E-state index contributed by atoms with van der Waals surface area (Å²) in [6, 6.07) is 4.42. The van der Waals surface area contributed by atoms with Crippen molar-refractivity contribution < 1.29 is 9.15 Å². The van der Waals surface area contributed by atoms with Crippen LogP contribution in [0, 0.1) is 0 Å². The minimum absolute atomic E-state index is 0.467. The van der Waals surface area contributed by atoms with Crippen molar-refractivity contribution in [1.82, 2.24) is 20.4 Å². The molecule has 2 aliphatic heterocycles. The maximum atomic E-state index is 5.44. The third-order valence-electron chi connectivity index (χ3n) is 5.46. The van der Waals surface area contributed by atoms with E-state index in [2.05, 4.69) is 33.9 Å².